The van der Waals surface area contributed by atoms with Gasteiger partial charge in [-0.05, 0) is 31.3 Å². The molecule has 2 aliphatic rings. The molecule has 1 aliphatic carbocycles. The molecule has 0 saturated heterocycles. The Balaban J connectivity index is 2.14. The molecule has 2 rings (SSSR count). The first-order chi connectivity index (χ1) is 8.49. The molecular weight excluding hydrogens is 226 g/mol. The van der Waals surface area contributed by atoms with Crippen LogP contribution in [0.5, 0.6) is 0 Å². The fourth-order valence-corrected chi connectivity index (χ4v) is 2.41. The van der Waals surface area contributed by atoms with E-state index in [1.54, 1.807) is 6.92 Å². The molecule has 18 heavy (non-hydrogen) atoms. The second-order valence-electron chi connectivity index (χ2n) is 5.49. The molecule has 4 nitrogen and oxygen atoms in total. The van der Waals surface area contributed by atoms with Gasteiger partial charge in [-0.3, -0.25) is 4.79 Å². The number of hydrazine groups is 1. The third-order valence-electron chi connectivity index (χ3n) is 3.77. The molecule has 0 aromatic heterocycles. The second kappa shape index (κ2) is 5.14. The van der Waals surface area contributed by atoms with Crippen molar-refractivity contribution < 1.29 is 4.79 Å². The van der Waals surface area contributed by atoms with Gasteiger partial charge in [0.05, 0.1) is 0 Å². The van der Waals surface area contributed by atoms with E-state index >= 15 is 0 Å². The summed E-state index contributed by atoms with van der Waals surface area (Å²) in [4.78, 5) is 13.3. The van der Waals surface area contributed by atoms with Crippen LogP contribution < -0.4 is 5.84 Å². The van der Waals surface area contributed by atoms with Gasteiger partial charge in [0, 0.05) is 38.7 Å². The zero-order valence-electron chi connectivity index (χ0n) is 11.4. The van der Waals surface area contributed by atoms with Crippen molar-refractivity contribution in [1.82, 2.24) is 9.91 Å². The van der Waals surface area contributed by atoms with Crippen LogP contribution in [0.2, 0.25) is 0 Å². The van der Waals surface area contributed by atoms with Crippen LogP contribution in [0.4, 0.5) is 0 Å². The van der Waals surface area contributed by atoms with Gasteiger partial charge in [0.15, 0.2) is 0 Å². The highest BCUT2D eigenvalue weighted by molar-refractivity contribution is 5.74. The number of carbonyl (C=O) groups excluding carboxylic acids is 1. The summed E-state index contributed by atoms with van der Waals surface area (Å²) in [5.74, 6) is 7.06. The summed E-state index contributed by atoms with van der Waals surface area (Å²) < 4.78 is 0. The SMILES string of the molecule is C=C(C)C1=C(N(N)CC2CC2)CCN(C(C)=O)C1. The van der Waals surface area contributed by atoms with Gasteiger partial charge in [0.2, 0.25) is 5.91 Å². The molecule has 0 aromatic carbocycles. The normalized spacial score (nSPS) is 20.1. The van der Waals surface area contributed by atoms with Crippen molar-refractivity contribution >= 4 is 5.91 Å². The van der Waals surface area contributed by atoms with Crippen LogP contribution >= 0.6 is 0 Å². The second-order valence-corrected chi connectivity index (χ2v) is 5.49. The van der Waals surface area contributed by atoms with Gasteiger partial charge >= 0.3 is 0 Å². The van der Waals surface area contributed by atoms with Crippen LogP contribution in [-0.4, -0.2) is 35.5 Å². The maximum absolute atomic E-state index is 11.5. The lowest BCUT2D eigenvalue weighted by atomic mass is 9.99. The Kier molecular flexibility index (Phi) is 3.76. The van der Waals surface area contributed by atoms with E-state index in [0.717, 1.165) is 36.6 Å². The van der Waals surface area contributed by atoms with Crippen molar-refractivity contribution in [2.45, 2.75) is 33.1 Å². The first kappa shape index (κ1) is 13.1. The number of carbonyl (C=O) groups is 1. The van der Waals surface area contributed by atoms with Crippen molar-refractivity contribution in [3.05, 3.63) is 23.4 Å². The van der Waals surface area contributed by atoms with E-state index < -0.39 is 0 Å². The quantitative estimate of drug-likeness (QED) is 0.609. The Morgan fingerprint density at radius 1 is 1.50 bits per heavy atom. The van der Waals surface area contributed by atoms with Crippen LogP contribution in [0.25, 0.3) is 0 Å². The van der Waals surface area contributed by atoms with Crippen molar-refractivity contribution in [1.29, 1.82) is 0 Å². The highest BCUT2D eigenvalue weighted by Crippen LogP contribution is 2.32. The van der Waals surface area contributed by atoms with E-state index in [-0.39, 0.29) is 5.91 Å². The van der Waals surface area contributed by atoms with Crippen molar-refractivity contribution in [3.63, 3.8) is 0 Å². The smallest absolute Gasteiger partial charge is 0.219 e. The Morgan fingerprint density at radius 2 is 2.17 bits per heavy atom. The number of rotatable bonds is 4. The van der Waals surface area contributed by atoms with Gasteiger partial charge in [-0.2, -0.15) is 0 Å². The van der Waals surface area contributed by atoms with E-state index in [1.807, 2.05) is 16.8 Å². The van der Waals surface area contributed by atoms with E-state index in [0.29, 0.717) is 6.54 Å². The third-order valence-corrected chi connectivity index (χ3v) is 3.77. The minimum absolute atomic E-state index is 0.124. The molecule has 0 radical (unpaired) electrons. The lowest BCUT2D eigenvalue weighted by molar-refractivity contribution is -0.128. The molecule has 1 amide bonds. The van der Waals surface area contributed by atoms with Gasteiger partial charge in [0.1, 0.15) is 0 Å². The molecule has 0 aromatic rings. The molecule has 1 heterocycles. The molecular formula is C14H23N3O. The minimum atomic E-state index is 0.124. The Morgan fingerprint density at radius 3 is 2.67 bits per heavy atom. The largest absolute Gasteiger partial charge is 0.338 e. The first-order valence-electron chi connectivity index (χ1n) is 6.64. The van der Waals surface area contributed by atoms with E-state index in [4.69, 9.17) is 5.84 Å². The highest BCUT2D eigenvalue weighted by Gasteiger charge is 2.28. The van der Waals surface area contributed by atoms with Gasteiger partial charge in [-0.25, -0.2) is 5.84 Å². The standard InChI is InChI=1S/C14H23N3O/c1-10(2)13-9-16(11(3)18)7-6-14(13)17(15)8-12-4-5-12/h12H,1,4-9,15H2,2-3H3. The van der Waals surface area contributed by atoms with Gasteiger partial charge in [-0.1, -0.05) is 12.2 Å². The van der Waals surface area contributed by atoms with Crippen molar-refractivity contribution in [2.75, 3.05) is 19.6 Å². The highest BCUT2D eigenvalue weighted by atomic mass is 16.2. The molecule has 1 fully saturated rings. The molecule has 0 unspecified atom stereocenters. The molecule has 0 spiro atoms. The molecule has 100 valence electrons. The predicted molar refractivity (Wildman–Crippen MR) is 72.3 cm³/mol. The summed E-state index contributed by atoms with van der Waals surface area (Å²) in [5.41, 5.74) is 3.33. The topological polar surface area (TPSA) is 49.6 Å². The van der Waals surface area contributed by atoms with Crippen LogP contribution in [0, 0.1) is 5.92 Å². The summed E-state index contributed by atoms with van der Waals surface area (Å²) in [5, 5.41) is 1.89. The average molecular weight is 249 g/mol. The number of nitrogens with zero attached hydrogens (tertiary/aromatic N) is 2. The van der Waals surface area contributed by atoms with Gasteiger partial charge in [0.25, 0.3) is 0 Å². The van der Waals surface area contributed by atoms with Crippen LogP contribution in [0.15, 0.2) is 23.4 Å². The lowest BCUT2D eigenvalue weighted by Gasteiger charge is -2.34. The molecule has 1 saturated carbocycles. The summed E-state index contributed by atoms with van der Waals surface area (Å²) in [7, 11) is 0. The number of hydrogen-bond donors (Lipinski definition) is 1. The Bertz CT molecular complexity index is 396. The fraction of sp³-hybridized carbons (Fsp3) is 0.643. The summed E-state index contributed by atoms with van der Waals surface area (Å²) in [6.07, 6.45) is 3.43. The maximum Gasteiger partial charge on any atom is 0.219 e. The average Bonchev–Trinajstić information content (AvgIpc) is 3.11. The number of amides is 1. The Labute approximate surface area is 109 Å². The zero-order chi connectivity index (χ0) is 13.3. The van der Waals surface area contributed by atoms with Crippen LogP contribution in [0.3, 0.4) is 0 Å². The monoisotopic (exact) mass is 249 g/mol. The fourth-order valence-electron chi connectivity index (χ4n) is 2.41. The zero-order valence-corrected chi connectivity index (χ0v) is 11.4. The van der Waals surface area contributed by atoms with E-state index in [9.17, 15) is 4.79 Å². The van der Waals surface area contributed by atoms with Crippen LogP contribution in [0.1, 0.15) is 33.1 Å². The maximum atomic E-state index is 11.5. The summed E-state index contributed by atoms with van der Waals surface area (Å²) >= 11 is 0. The molecule has 1 aliphatic heterocycles. The number of nitrogens with two attached hydrogens (primary N) is 1. The molecule has 0 bridgehead atoms. The van der Waals surface area contributed by atoms with Crippen molar-refractivity contribution in [2.24, 2.45) is 11.8 Å². The molecule has 0 atom stereocenters. The third kappa shape index (κ3) is 2.93. The lowest BCUT2D eigenvalue weighted by Crippen LogP contribution is -2.42. The molecule has 4 heteroatoms. The predicted octanol–water partition coefficient (Wildman–Crippen LogP) is 1.65. The van der Waals surface area contributed by atoms with Crippen LogP contribution in [-0.2, 0) is 4.79 Å². The Hall–Kier alpha value is -1.29. The number of hydrogen-bond acceptors (Lipinski definition) is 3. The first-order valence-corrected chi connectivity index (χ1v) is 6.64. The molecule has 2 N–H and O–H groups in total. The van der Waals surface area contributed by atoms with E-state index in [2.05, 4.69) is 6.58 Å². The summed E-state index contributed by atoms with van der Waals surface area (Å²) in [6, 6.07) is 0. The van der Waals surface area contributed by atoms with Crippen molar-refractivity contribution in [3.8, 4) is 0 Å². The van der Waals surface area contributed by atoms with Gasteiger partial charge < -0.3 is 9.91 Å². The minimum Gasteiger partial charge on any atom is -0.338 e. The summed E-state index contributed by atoms with van der Waals surface area (Å²) in [6.45, 7) is 9.98. The van der Waals surface area contributed by atoms with Gasteiger partial charge in [-0.15, -0.1) is 0 Å². The van der Waals surface area contributed by atoms with E-state index in [1.165, 1.54) is 18.5 Å².